The lowest BCUT2D eigenvalue weighted by Crippen LogP contribution is -2.44. The number of carbonyl (C=O) groups is 1. The first kappa shape index (κ1) is 11.5. The molecule has 102 valence electrons. The fourth-order valence-corrected chi connectivity index (χ4v) is 5.18. The first-order chi connectivity index (χ1) is 9.11. The van der Waals surface area contributed by atoms with Gasteiger partial charge in [0.15, 0.2) is 11.6 Å². The molecule has 1 aromatic rings. The second-order valence-electron chi connectivity index (χ2n) is 6.71. The normalized spacial score (nSPS) is 39.7. The minimum atomic E-state index is -0.944. The third-order valence-electron chi connectivity index (χ3n) is 5.49. The van der Waals surface area contributed by atoms with Crippen LogP contribution in [-0.4, -0.2) is 16.1 Å². The summed E-state index contributed by atoms with van der Waals surface area (Å²) < 4.78 is 5.71. The summed E-state index contributed by atoms with van der Waals surface area (Å²) in [4.78, 5) is 15.4. The van der Waals surface area contributed by atoms with E-state index >= 15 is 0 Å². The zero-order valence-corrected chi connectivity index (χ0v) is 11.1. The van der Waals surface area contributed by atoms with Gasteiger partial charge in [0.2, 0.25) is 0 Å². The lowest BCUT2D eigenvalue weighted by Gasteiger charge is -2.53. The Morgan fingerprint density at radius 1 is 1.16 bits per heavy atom. The summed E-state index contributed by atoms with van der Waals surface area (Å²) in [6, 6.07) is 0. The Hall–Kier alpha value is -1.32. The molecule has 4 aliphatic carbocycles. The molecule has 1 heterocycles. The largest absolute Gasteiger partial charge is 0.476 e. The van der Waals surface area contributed by atoms with Crippen molar-refractivity contribution in [3.8, 4) is 0 Å². The van der Waals surface area contributed by atoms with Crippen molar-refractivity contribution in [2.45, 2.75) is 44.9 Å². The lowest BCUT2D eigenvalue weighted by atomic mass is 9.51. The highest BCUT2D eigenvalue weighted by molar-refractivity contribution is 5.86. The minimum absolute atomic E-state index is 0.162. The number of aryl methyl sites for hydroxylation is 1. The van der Waals surface area contributed by atoms with Crippen molar-refractivity contribution in [1.29, 1.82) is 0 Å². The van der Waals surface area contributed by atoms with Crippen LogP contribution in [0.3, 0.4) is 0 Å². The molecular weight excluding hydrogens is 242 g/mol. The first-order valence-electron chi connectivity index (χ1n) is 7.32. The molecular formula is C15H19NO3. The molecule has 0 spiro atoms. The van der Waals surface area contributed by atoms with E-state index in [1.54, 1.807) is 6.92 Å². The number of oxazole rings is 1. The molecule has 0 radical (unpaired) electrons. The average molecular weight is 261 g/mol. The molecule has 0 saturated heterocycles. The van der Waals surface area contributed by atoms with Gasteiger partial charge in [-0.2, -0.15) is 0 Å². The third kappa shape index (κ3) is 1.65. The highest BCUT2D eigenvalue weighted by Gasteiger charge is 2.50. The Kier molecular flexibility index (Phi) is 2.32. The second kappa shape index (κ2) is 3.84. The van der Waals surface area contributed by atoms with E-state index in [1.165, 1.54) is 32.1 Å². The van der Waals surface area contributed by atoms with Crippen LogP contribution in [0.5, 0.6) is 0 Å². The van der Waals surface area contributed by atoms with Gasteiger partial charge in [-0.3, -0.25) is 0 Å². The van der Waals surface area contributed by atoms with Crippen molar-refractivity contribution in [2.75, 3.05) is 0 Å². The summed E-state index contributed by atoms with van der Waals surface area (Å²) in [5, 5.41) is 9.31. The maximum absolute atomic E-state index is 11.3. The molecule has 4 bridgehead atoms. The fourth-order valence-electron chi connectivity index (χ4n) is 5.18. The van der Waals surface area contributed by atoms with Gasteiger partial charge in [-0.25, -0.2) is 9.78 Å². The monoisotopic (exact) mass is 261 g/mol. The van der Waals surface area contributed by atoms with Crippen LogP contribution in [0.1, 0.15) is 60.2 Å². The number of hydrogen-bond donors (Lipinski definition) is 1. The first-order valence-corrected chi connectivity index (χ1v) is 7.32. The molecule has 0 atom stereocenters. The highest BCUT2D eigenvalue weighted by Crippen LogP contribution is 2.60. The molecule has 19 heavy (non-hydrogen) atoms. The van der Waals surface area contributed by atoms with Gasteiger partial charge < -0.3 is 9.52 Å². The van der Waals surface area contributed by atoms with Gasteiger partial charge in [0.25, 0.3) is 0 Å². The molecule has 0 amide bonds. The zero-order chi connectivity index (χ0) is 13.1. The lowest BCUT2D eigenvalue weighted by molar-refractivity contribution is -0.0103. The van der Waals surface area contributed by atoms with E-state index < -0.39 is 5.97 Å². The van der Waals surface area contributed by atoms with Gasteiger partial charge in [-0.05, 0) is 55.8 Å². The van der Waals surface area contributed by atoms with Crippen LogP contribution in [-0.2, 0) is 0 Å². The molecule has 4 aliphatic rings. The van der Waals surface area contributed by atoms with Gasteiger partial charge in [-0.1, -0.05) is 0 Å². The highest BCUT2D eigenvalue weighted by atomic mass is 16.4. The van der Waals surface area contributed by atoms with Crippen LogP contribution >= 0.6 is 0 Å². The smallest absolute Gasteiger partial charge is 0.358 e. The van der Waals surface area contributed by atoms with Crippen LogP contribution in [0.15, 0.2) is 4.42 Å². The SMILES string of the molecule is Cc1nc(C(=O)O)c(C2C3CC4CC(C3)CC2C4)o1. The number of carboxylic acids is 1. The van der Waals surface area contributed by atoms with Crippen LogP contribution in [0.25, 0.3) is 0 Å². The standard InChI is InChI=1S/C15H19NO3/c1-7-16-13(15(17)18)14(19-7)12-10-3-8-2-9(5-10)6-11(12)4-8/h8-12H,2-6H2,1H3,(H,17,18). The van der Waals surface area contributed by atoms with Gasteiger partial charge in [-0.15, -0.1) is 0 Å². The van der Waals surface area contributed by atoms with E-state index in [1.807, 2.05) is 0 Å². The number of hydrogen-bond acceptors (Lipinski definition) is 3. The van der Waals surface area contributed by atoms with E-state index in [4.69, 9.17) is 4.42 Å². The number of rotatable bonds is 2. The van der Waals surface area contributed by atoms with Crippen LogP contribution in [0.4, 0.5) is 0 Å². The Morgan fingerprint density at radius 2 is 1.74 bits per heavy atom. The molecule has 1 aromatic heterocycles. The Bertz CT molecular complexity index is 505. The number of aromatic nitrogens is 1. The molecule has 0 aliphatic heterocycles. The minimum Gasteiger partial charge on any atom is -0.476 e. The van der Waals surface area contributed by atoms with E-state index in [-0.39, 0.29) is 5.69 Å². The molecule has 1 N–H and O–H groups in total. The van der Waals surface area contributed by atoms with Crippen molar-refractivity contribution in [2.24, 2.45) is 23.7 Å². The molecule has 0 unspecified atom stereocenters. The van der Waals surface area contributed by atoms with E-state index in [0.29, 0.717) is 29.4 Å². The maximum Gasteiger partial charge on any atom is 0.358 e. The summed E-state index contributed by atoms with van der Waals surface area (Å²) >= 11 is 0. The van der Waals surface area contributed by atoms with E-state index in [2.05, 4.69) is 4.98 Å². The van der Waals surface area contributed by atoms with Crippen molar-refractivity contribution >= 4 is 5.97 Å². The van der Waals surface area contributed by atoms with Crippen molar-refractivity contribution in [3.63, 3.8) is 0 Å². The maximum atomic E-state index is 11.3. The summed E-state index contributed by atoms with van der Waals surface area (Å²) in [5.41, 5.74) is 0.162. The van der Waals surface area contributed by atoms with Crippen LogP contribution < -0.4 is 0 Å². The van der Waals surface area contributed by atoms with Gasteiger partial charge in [0.05, 0.1) is 0 Å². The Balaban J connectivity index is 1.74. The molecule has 4 saturated carbocycles. The molecule has 4 nitrogen and oxygen atoms in total. The van der Waals surface area contributed by atoms with E-state index in [0.717, 1.165) is 11.8 Å². The zero-order valence-electron chi connectivity index (χ0n) is 11.1. The van der Waals surface area contributed by atoms with Crippen molar-refractivity contribution in [1.82, 2.24) is 4.98 Å². The fraction of sp³-hybridized carbons (Fsp3) is 0.733. The van der Waals surface area contributed by atoms with E-state index in [9.17, 15) is 9.90 Å². The van der Waals surface area contributed by atoms with Gasteiger partial charge >= 0.3 is 5.97 Å². The predicted octanol–water partition coefficient (Wildman–Crippen LogP) is 3.22. The molecule has 5 rings (SSSR count). The quantitative estimate of drug-likeness (QED) is 0.887. The number of nitrogens with zero attached hydrogens (tertiary/aromatic N) is 1. The van der Waals surface area contributed by atoms with Crippen molar-refractivity contribution in [3.05, 3.63) is 17.3 Å². The summed E-state index contributed by atoms with van der Waals surface area (Å²) in [7, 11) is 0. The average Bonchev–Trinajstić information content (AvgIpc) is 2.70. The Morgan fingerprint density at radius 3 is 2.26 bits per heavy atom. The second-order valence-corrected chi connectivity index (χ2v) is 6.71. The molecule has 4 fully saturated rings. The predicted molar refractivity (Wildman–Crippen MR) is 68.0 cm³/mol. The van der Waals surface area contributed by atoms with Crippen molar-refractivity contribution < 1.29 is 14.3 Å². The number of carboxylic acid groups (broad SMARTS) is 1. The van der Waals surface area contributed by atoms with Crippen LogP contribution in [0.2, 0.25) is 0 Å². The summed E-state index contributed by atoms with van der Waals surface area (Å²) in [6.45, 7) is 1.74. The summed E-state index contributed by atoms with van der Waals surface area (Å²) in [6.07, 6.45) is 6.45. The van der Waals surface area contributed by atoms with Gasteiger partial charge in [0.1, 0.15) is 5.76 Å². The number of aromatic carboxylic acids is 1. The Labute approximate surface area is 112 Å². The molecule has 0 aromatic carbocycles. The van der Waals surface area contributed by atoms with Crippen LogP contribution in [0, 0.1) is 30.6 Å². The van der Waals surface area contributed by atoms with Gasteiger partial charge in [0, 0.05) is 12.8 Å². The topological polar surface area (TPSA) is 63.3 Å². The molecule has 4 heteroatoms. The summed E-state index contributed by atoms with van der Waals surface area (Å²) in [5.74, 6) is 3.54. The third-order valence-corrected chi connectivity index (χ3v) is 5.49.